The van der Waals surface area contributed by atoms with Crippen molar-refractivity contribution in [2.75, 3.05) is 6.61 Å². The van der Waals surface area contributed by atoms with Gasteiger partial charge >= 0.3 is 24.2 Å². The number of rotatable bonds is 5. The van der Waals surface area contributed by atoms with Gasteiger partial charge in [0.25, 0.3) is 5.91 Å². The molecule has 1 fully saturated rings. The fourth-order valence-electron chi connectivity index (χ4n) is 3.85. The Morgan fingerprint density at radius 3 is 2.37 bits per heavy atom. The zero-order chi connectivity index (χ0) is 28.2. The zero-order valence-electron chi connectivity index (χ0n) is 19.3. The van der Waals surface area contributed by atoms with Crippen molar-refractivity contribution in [2.45, 2.75) is 37.7 Å². The molecule has 38 heavy (non-hydrogen) atoms. The van der Waals surface area contributed by atoms with E-state index < -0.39 is 58.8 Å². The first-order chi connectivity index (χ1) is 17.5. The largest absolute Gasteiger partial charge is 0.464 e. The fourth-order valence-corrected chi connectivity index (χ4v) is 3.85. The monoisotopic (exact) mass is 552 g/mol. The number of cyclic esters (lactones) is 1. The number of aromatic nitrogens is 3. The molecule has 4 rings (SSSR count). The van der Waals surface area contributed by atoms with Gasteiger partial charge in [-0.2, -0.15) is 40.2 Å². The Morgan fingerprint density at radius 1 is 1.11 bits per heavy atom. The van der Waals surface area contributed by atoms with Crippen LogP contribution in [-0.4, -0.2) is 45.6 Å². The lowest BCUT2D eigenvalue weighted by Gasteiger charge is -2.19. The van der Waals surface area contributed by atoms with Gasteiger partial charge in [0.05, 0.1) is 6.61 Å². The predicted molar refractivity (Wildman–Crippen MR) is 111 cm³/mol. The van der Waals surface area contributed by atoms with Crippen LogP contribution in [0.3, 0.4) is 0 Å². The van der Waals surface area contributed by atoms with E-state index in [-0.39, 0.29) is 34.6 Å². The summed E-state index contributed by atoms with van der Waals surface area (Å²) in [7, 11) is 0.747. The molecule has 1 aliphatic rings. The second-order valence-electron chi connectivity index (χ2n) is 8.35. The summed E-state index contributed by atoms with van der Waals surface area (Å²) >= 11 is 0. The Balaban J connectivity index is 1.74. The first-order valence-corrected chi connectivity index (χ1v) is 10.7. The zero-order valence-corrected chi connectivity index (χ0v) is 19.3. The topological polar surface area (TPSA) is 99.2 Å². The number of hydrogen-bond acceptors (Lipinski definition) is 6. The maximum absolute atomic E-state index is 13.9. The number of carbonyl (C=O) groups is 2. The molecule has 1 N–H and O–H groups in total. The number of halogens is 8. The highest BCUT2D eigenvalue weighted by molar-refractivity contribution is 5.99. The number of aryl methyl sites for hydroxylation is 2. The minimum absolute atomic E-state index is 0.0729. The van der Waals surface area contributed by atoms with Gasteiger partial charge in [-0.3, -0.25) is 9.48 Å². The van der Waals surface area contributed by atoms with Crippen LogP contribution in [0.15, 0.2) is 28.8 Å². The highest BCUT2D eigenvalue weighted by atomic mass is 19.4. The molecule has 0 bridgehead atoms. The molecule has 1 atom stereocenters. The van der Waals surface area contributed by atoms with Crippen molar-refractivity contribution >= 4 is 11.9 Å². The highest BCUT2D eigenvalue weighted by Gasteiger charge is 2.64. The second-order valence-corrected chi connectivity index (χ2v) is 8.35. The SMILES string of the molecule is Cc1ccc(-c2cc(-c3c(C(F)(F)F)c(C(F)(F)C(F)(F)F)nn3C)no2)cc1C(=O)NC1CCOC1=O. The maximum atomic E-state index is 13.9. The first-order valence-electron chi connectivity index (χ1n) is 10.7. The quantitative estimate of drug-likeness (QED) is 0.362. The molecule has 0 radical (unpaired) electrons. The summed E-state index contributed by atoms with van der Waals surface area (Å²) in [6.07, 6.45) is -11.7. The molecule has 1 amide bonds. The van der Waals surface area contributed by atoms with Crippen LogP contribution in [0.5, 0.6) is 0 Å². The van der Waals surface area contributed by atoms with Gasteiger partial charge in [0.1, 0.15) is 23.0 Å². The van der Waals surface area contributed by atoms with Crippen LogP contribution in [0.25, 0.3) is 22.7 Å². The maximum Gasteiger partial charge on any atom is 0.459 e. The fraction of sp³-hybridized carbons (Fsp3) is 0.364. The van der Waals surface area contributed by atoms with Gasteiger partial charge in [-0.15, -0.1) is 0 Å². The number of amides is 1. The lowest BCUT2D eigenvalue weighted by atomic mass is 10.0. The molecule has 0 aliphatic carbocycles. The molecule has 8 nitrogen and oxygen atoms in total. The van der Waals surface area contributed by atoms with Crippen LogP contribution in [0.1, 0.15) is 33.6 Å². The van der Waals surface area contributed by atoms with E-state index in [4.69, 9.17) is 9.26 Å². The van der Waals surface area contributed by atoms with Gasteiger partial charge in [0, 0.05) is 30.7 Å². The number of carbonyl (C=O) groups excluding carboxylic acids is 2. The Hall–Kier alpha value is -3.98. The molecule has 0 saturated carbocycles. The molecule has 1 unspecified atom stereocenters. The minimum Gasteiger partial charge on any atom is -0.464 e. The van der Waals surface area contributed by atoms with E-state index in [0.717, 1.165) is 13.1 Å². The number of ether oxygens (including phenoxy) is 1. The van der Waals surface area contributed by atoms with Crippen LogP contribution in [0, 0.1) is 6.92 Å². The number of esters is 1. The number of alkyl halides is 8. The molecule has 204 valence electrons. The summed E-state index contributed by atoms with van der Waals surface area (Å²) in [6.45, 7) is 1.71. The smallest absolute Gasteiger partial charge is 0.459 e. The van der Waals surface area contributed by atoms with E-state index in [9.17, 15) is 44.7 Å². The molecule has 16 heteroatoms. The molecule has 1 aliphatic heterocycles. The lowest BCUT2D eigenvalue weighted by Crippen LogP contribution is -2.38. The van der Waals surface area contributed by atoms with Crippen molar-refractivity contribution < 1.29 is 54.0 Å². The number of benzene rings is 1. The van der Waals surface area contributed by atoms with Crippen LogP contribution in [-0.2, 0) is 28.7 Å². The van der Waals surface area contributed by atoms with E-state index in [1.807, 2.05) is 0 Å². The third kappa shape index (κ3) is 4.69. The number of hydrogen-bond donors (Lipinski definition) is 1. The molecule has 3 aromatic rings. The van der Waals surface area contributed by atoms with E-state index in [1.54, 1.807) is 6.92 Å². The van der Waals surface area contributed by atoms with Crippen LogP contribution >= 0.6 is 0 Å². The Labute approximate surface area is 207 Å². The molecule has 3 heterocycles. The van der Waals surface area contributed by atoms with Gasteiger partial charge in [-0.05, 0) is 18.6 Å². The number of nitrogens with zero attached hydrogens (tertiary/aromatic N) is 3. The predicted octanol–water partition coefficient (Wildman–Crippen LogP) is 4.77. The lowest BCUT2D eigenvalue weighted by molar-refractivity contribution is -0.292. The van der Waals surface area contributed by atoms with Crippen molar-refractivity contribution in [1.82, 2.24) is 20.3 Å². The third-order valence-corrected chi connectivity index (χ3v) is 5.74. The van der Waals surface area contributed by atoms with Crippen molar-refractivity contribution in [2.24, 2.45) is 7.05 Å². The van der Waals surface area contributed by atoms with Gasteiger partial charge in [-0.1, -0.05) is 17.3 Å². The summed E-state index contributed by atoms with van der Waals surface area (Å²) < 4.78 is 118. The summed E-state index contributed by atoms with van der Waals surface area (Å²) in [5.74, 6) is -7.41. The number of nitrogens with one attached hydrogen (secondary N) is 1. The summed E-state index contributed by atoms with van der Waals surface area (Å²) in [6, 6.07) is 4.18. The van der Waals surface area contributed by atoms with Gasteiger partial charge in [0.15, 0.2) is 11.5 Å². The van der Waals surface area contributed by atoms with E-state index in [1.165, 1.54) is 18.2 Å². The van der Waals surface area contributed by atoms with Gasteiger partial charge < -0.3 is 14.6 Å². The van der Waals surface area contributed by atoms with Crippen molar-refractivity contribution in [3.05, 3.63) is 46.6 Å². The Morgan fingerprint density at radius 2 is 1.79 bits per heavy atom. The van der Waals surface area contributed by atoms with Crippen LogP contribution < -0.4 is 5.32 Å². The average molecular weight is 552 g/mol. The second kappa shape index (κ2) is 9.09. The average Bonchev–Trinajstić information content (AvgIpc) is 3.52. The molecular formula is C22H16F8N4O4. The van der Waals surface area contributed by atoms with E-state index in [2.05, 4.69) is 15.6 Å². The molecule has 1 saturated heterocycles. The third-order valence-electron chi connectivity index (χ3n) is 5.74. The van der Waals surface area contributed by atoms with E-state index >= 15 is 0 Å². The standard InChI is InChI=1S/C22H16F8N4O4/c1-9-3-4-10(7-11(9)18(35)31-12-5-6-37-19(12)36)14-8-13(33-38-14)16-15(21(25,26)27)17(32-34(16)2)20(23,24)22(28,29)30/h3-4,7-8,12H,5-6H2,1-2H3,(H,31,35). The summed E-state index contributed by atoms with van der Waals surface area (Å²) in [5.41, 5.74) is -6.12. The van der Waals surface area contributed by atoms with E-state index in [0.29, 0.717) is 5.56 Å². The Kier molecular flexibility index (Phi) is 6.48. The summed E-state index contributed by atoms with van der Waals surface area (Å²) in [5, 5.41) is 8.75. The van der Waals surface area contributed by atoms with Gasteiger partial charge in [0.2, 0.25) is 0 Å². The minimum atomic E-state index is -6.35. The van der Waals surface area contributed by atoms with Gasteiger partial charge in [-0.25, -0.2) is 4.79 Å². The Bertz CT molecular complexity index is 1410. The summed E-state index contributed by atoms with van der Waals surface area (Å²) in [4.78, 5) is 24.3. The molecule has 1 aromatic carbocycles. The first kappa shape index (κ1) is 27.1. The normalized spacial score (nSPS) is 16.6. The molecular weight excluding hydrogens is 536 g/mol. The van der Waals surface area contributed by atoms with Crippen molar-refractivity contribution in [3.8, 4) is 22.7 Å². The van der Waals surface area contributed by atoms with Crippen LogP contribution in [0.2, 0.25) is 0 Å². The highest BCUT2D eigenvalue weighted by Crippen LogP contribution is 2.50. The van der Waals surface area contributed by atoms with Crippen molar-refractivity contribution in [3.63, 3.8) is 0 Å². The molecule has 2 aromatic heterocycles. The molecule has 0 spiro atoms. The van der Waals surface area contributed by atoms with Crippen LogP contribution in [0.4, 0.5) is 35.1 Å². The van der Waals surface area contributed by atoms with Crippen molar-refractivity contribution in [1.29, 1.82) is 0 Å².